The molecule has 0 unspecified atom stereocenters. The molecule has 0 aliphatic heterocycles. The smallest absolute Gasteiger partial charge is 0.251 e. The molecule has 1 heterocycles. The first-order valence-electron chi connectivity index (χ1n) is 7.17. The molecule has 0 atom stereocenters. The van der Waals surface area contributed by atoms with E-state index in [1.165, 1.54) is 0 Å². The van der Waals surface area contributed by atoms with Crippen molar-refractivity contribution in [1.82, 2.24) is 15.5 Å². The van der Waals surface area contributed by atoms with Crippen LogP contribution in [0.2, 0.25) is 5.02 Å². The van der Waals surface area contributed by atoms with Crippen molar-refractivity contribution >= 4 is 17.5 Å². The molecule has 0 fully saturated rings. The van der Waals surface area contributed by atoms with Gasteiger partial charge in [-0.2, -0.15) is 0 Å². The third-order valence-electron chi connectivity index (χ3n) is 3.32. The van der Waals surface area contributed by atoms with Crippen molar-refractivity contribution in [3.63, 3.8) is 0 Å². The molecule has 6 nitrogen and oxygen atoms in total. The lowest BCUT2D eigenvalue weighted by atomic mass is 10.2. The summed E-state index contributed by atoms with van der Waals surface area (Å²) in [6.45, 7) is 0.127. The maximum absolute atomic E-state index is 12.1. The van der Waals surface area contributed by atoms with Crippen LogP contribution in [-0.4, -0.2) is 23.2 Å². The highest BCUT2D eigenvalue weighted by molar-refractivity contribution is 6.33. The summed E-state index contributed by atoms with van der Waals surface area (Å²) in [4.78, 5) is 12.1. The summed E-state index contributed by atoms with van der Waals surface area (Å²) in [6.07, 6.45) is 0. The molecular weight excluding hydrogens is 330 g/mol. The number of hydrogen-bond donors (Lipinski definition) is 1. The lowest BCUT2D eigenvalue weighted by Gasteiger charge is -2.04. The number of benzene rings is 2. The highest BCUT2D eigenvalue weighted by Gasteiger charge is 2.12. The predicted octanol–water partition coefficient (Wildman–Crippen LogP) is 3.33. The molecule has 1 N–H and O–H groups in total. The number of methoxy groups -OCH3 is 1. The van der Waals surface area contributed by atoms with Gasteiger partial charge in [0.15, 0.2) is 0 Å². The lowest BCUT2D eigenvalue weighted by Crippen LogP contribution is -2.22. The van der Waals surface area contributed by atoms with Crippen LogP contribution in [0.15, 0.2) is 52.9 Å². The second kappa shape index (κ2) is 7.14. The Labute approximate surface area is 143 Å². The molecule has 0 spiro atoms. The molecule has 1 aromatic heterocycles. The number of nitrogens with zero attached hydrogens (tertiary/aromatic N) is 2. The summed E-state index contributed by atoms with van der Waals surface area (Å²) in [5.74, 6) is 1.06. The highest BCUT2D eigenvalue weighted by Crippen LogP contribution is 2.26. The molecule has 0 saturated heterocycles. The highest BCUT2D eigenvalue weighted by atomic mass is 35.5. The molecule has 24 heavy (non-hydrogen) atoms. The summed E-state index contributed by atoms with van der Waals surface area (Å²) in [5, 5.41) is 11.1. The average Bonchev–Trinajstić information content (AvgIpc) is 3.09. The third kappa shape index (κ3) is 3.55. The standard InChI is InChI=1S/C17H14ClN3O3/c1-23-12-8-6-11(7-9-12)16(22)19-10-15-20-21-17(24-15)13-4-2-3-5-14(13)18/h2-9H,10H2,1H3,(H,19,22). The van der Waals surface area contributed by atoms with E-state index in [2.05, 4.69) is 15.5 Å². The Morgan fingerprint density at radius 3 is 2.62 bits per heavy atom. The van der Waals surface area contributed by atoms with E-state index in [9.17, 15) is 4.79 Å². The zero-order valence-electron chi connectivity index (χ0n) is 12.8. The van der Waals surface area contributed by atoms with Crippen LogP contribution >= 0.6 is 11.6 Å². The van der Waals surface area contributed by atoms with Crippen LogP contribution < -0.4 is 10.1 Å². The summed E-state index contributed by atoms with van der Waals surface area (Å²) in [6, 6.07) is 14.0. The molecule has 0 aliphatic carbocycles. The van der Waals surface area contributed by atoms with E-state index in [-0.39, 0.29) is 12.5 Å². The van der Waals surface area contributed by atoms with Gasteiger partial charge in [0, 0.05) is 5.56 Å². The van der Waals surface area contributed by atoms with E-state index in [0.29, 0.717) is 33.7 Å². The fourth-order valence-electron chi connectivity index (χ4n) is 2.07. The first-order valence-corrected chi connectivity index (χ1v) is 7.54. The van der Waals surface area contributed by atoms with Crippen molar-refractivity contribution in [2.45, 2.75) is 6.54 Å². The third-order valence-corrected chi connectivity index (χ3v) is 3.65. The van der Waals surface area contributed by atoms with Gasteiger partial charge in [-0.15, -0.1) is 10.2 Å². The first kappa shape index (κ1) is 16.0. The molecule has 2 aromatic carbocycles. The van der Waals surface area contributed by atoms with E-state index in [0.717, 1.165) is 0 Å². The summed E-state index contributed by atoms with van der Waals surface area (Å²) in [7, 11) is 1.57. The number of carbonyl (C=O) groups is 1. The van der Waals surface area contributed by atoms with E-state index < -0.39 is 0 Å². The van der Waals surface area contributed by atoms with Gasteiger partial charge in [-0.05, 0) is 36.4 Å². The van der Waals surface area contributed by atoms with E-state index in [1.807, 2.05) is 12.1 Å². The minimum Gasteiger partial charge on any atom is -0.497 e. The zero-order chi connectivity index (χ0) is 16.9. The maximum Gasteiger partial charge on any atom is 0.251 e. The number of ether oxygens (including phenoxy) is 1. The first-order chi connectivity index (χ1) is 11.7. The van der Waals surface area contributed by atoms with Crippen molar-refractivity contribution in [3.8, 4) is 17.2 Å². The van der Waals surface area contributed by atoms with Crippen LogP contribution in [0, 0.1) is 0 Å². The van der Waals surface area contributed by atoms with Crippen LogP contribution in [0.1, 0.15) is 16.2 Å². The van der Waals surface area contributed by atoms with Crippen molar-refractivity contribution < 1.29 is 13.9 Å². The van der Waals surface area contributed by atoms with E-state index in [1.54, 1.807) is 43.5 Å². The van der Waals surface area contributed by atoms with Crippen molar-refractivity contribution in [2.75, 3.05) is 7.11 Å². The molecule has 3 rings (SSSR count). The van der Waals surface area contributed by atoms with Gasteiger partial charge in [0.25, 0.3) is 5.91 Å². The number of amides is 1. The van der Waals surface area contributed by atoms with Gasteiger partial charge in [0.1, 0.15) is 5.75 Å². The molecule has 7 heteroatoms. The number of halogens is 1. The van der Waals surface area contributed by atoms with Crippen molar-refractivity contribution in [2.24, 2.45) is 0 Å². The largest absolute Gasteiger partial charge is 0.497 e. The fraction of sp³-hybridized carbons (Fsp3) is 0.118. The van der Waals surface area contributed by atoms with Crippen LogP contribution in [0.25, 0.3) is 11.5 Å². The normalized spacial score (nSPS) is 10.4. The maximum atomic E-state index is 12.1. The Morgan fingerprint density at radius 2 is 1.92 bits per heavy atom. The molecule has 0 saturated carbocycles. The number of aromatic nitrogens is 2. The minimum atomic E-state index is -0.241. The predicted molar refractivity (Wildman–Crippen MR) is 88.9 cm³/mol. The Bertz CT molecular complexity index is 846. The van der Waals surface area contributed by atoms with Crippen LogP contribution in [0.5, 0.6) is 5.75 Å². The van der Waals surface area contributed by atoms with Crippen LogP contribution in [-0.2, 0) is 6.54 Å². The Kier molecular flexibility index (Phi) is 4.77. The average molecular weight is 344 g/mol. The van der Waals surface area contributed by atoms with E-state index in [4.69, 9.17) is 20.8 Å². The van der Waals surface area contributed by atoms with Crippen molar-refractivity contribution in [3.05, 3.63) is 65.0 Å². The minimum absolute atomic E-state index is 0.127. The fourth-order valence-corrected chi connectivity index (χ4v) is 2.29. The van der Waals surface area contributed by atoms with Gasteiger partial charge in [0.2, 0.25) is 11.8 Å². The Hall–Kier alpha value is -2.86. The second-order valence-corrected chi connectivity index (χ2v) is 5.30. The Balaban J connectivity index is 1.65. The Morgan fingerprint density at radius 1 is 1.17 bits per heavy atom. The molecule has 122 valence electrons. The molecule has 0 bridgehead atoms. The van der Waals surface area contributed by atoms with Gasteiger partial charge in [0.05, 0.1) is 24.2 Å². The summed E-state index contributed by atoms with van der Waals surface area (Å²) in [5.41, 5.74) is 1.17. The molecular formula is C17H14ClN3O3. The summed E-state index contributed by atoms with van der Waals surface area (Å²) >= 11 is 6.09. The van der Waals surface area contributed by atoms with Crippen LogP contribution in [0.4, 0.5) is 0 Å². The van der Waals surface area contributed by atoms with E-state index >= 15 is 0 Å². The van der Waals surface area contributed by atoms with Gasteiger partial charge in [-0.3, -0.25) is 4.79 Å². The number of hydrogen-bond acceptors (Lipinski definition) is 5. The van der Waals surface area contributed by atoms with Gasteiger partial charge >= 0.3 is 0 Å². The zero-order valence-corrected chi connectivity index (χ0v) is 13.6. The molecule has 3 aromatic rings. The van der Waals surface area contributed by atoms with Crippen molar-refractivity contribution in [1.29, 1.82) is 0 Å². The number of carbonyl (C=O) groups excluding carboxylic acids is 1. The lowest BCUT2D eigenvalue weighted by molar-refractivity contribution is 0.0947. The quantitative estimate of drug-likeness (QED) is 0.768. The topological polar surface area (TPSA) is 77.2 Å². The molecule has 0 aliphatic rings. The summed E-state index contributed by atoms with van der Waals surface area (Å²) < 4.78 is 10.6. The van der Waals surface area contributed by atoms with Crippen LogP contribution in [0.3, 0.4) is 0 Å². The van der Waals surface area contributed by atoms with Gasteiger partial charge in [-0.25, -0.2) is 0 Å². The molecule has 1 amide bonds. The SMILES string of the molecule is COc1ccc(C(=O)NCc2nnc(-c3ccccc3Cl)o2)cc1. The van der Waals surface area contributed by atoms with Gasteiger partial charge in [-0.1, -0.05) is 23.7 Å². The number of nitrogens with one attached hydrogen (secondary N) is 1. The second-order valence-electron chi connectivity index (χ2n) is 4.89. The monoisotopic (exact) mass is 343 g/mol. The molecule has 0 radical (unpaired) electrons. The van der Waals surface area contributed by atoms with Gasteiger partial charge < -0.3 is 14.5 Å². The number of rotatable bonds is 5.